The molecule has 1 atom stereocenters. The fourth-order valence-electron chi connectivity index (χ4n) is 2.48. The van der Waals surface area contributed by atoms with E-state index in [9.17, 15) is 14.4 Å². The SMILES string of the molecule is CCCCCC[C@]1(C)NC(=O)N(CC(=O)NCC(C)C)C1=O. The maximum Gasteiger partial charge on any atom is 0.325 e. The van der Waals surface area contributed by atoms with Crippen LogP contribution in [0.4, 0.5) is 4.79 Å². The second-order valence-corrected chi connectivity index (χ2v) is 6.66. The van der Waals surface area contributed by atoms with E-state index in [2.05, 4.69) is 17.6 Å². The summed E-state index contributed by atoms with van der Waals surface area (Å²) in [6.07, 6.45) is 4.80. The Kier molecular flexibility index (Phi) is 6.84. The molecule has 1 fully saturated rings. The summed E-state index contributed by atoms with van der Waals surface area (Å²) in [5.41, 5.74) is -0.872. The Morgan fingerprint density at radius 3 is 2.55 bits per heavy atom. The molecule has 0 aromatic carbocycles. The summed E-state index contributed by atoms with van der Waals surface area (Å²) >= 11 is 0. The Hall–Kier alpha value is -1.59. The molecule has 126 valence electrons. The van der Waals surface area contributed by atoms with Crippen molar-refractivity contribution in [3.05, 3.63) is 0 Å². The predicted molar refractivity (Wildman–Crippen MR) is 85.3 cm³/mol. The first-order chi connectivity index (χ1) is 10.3. The molecule has 2 N–H and O–H groups in total. The molecule has 0 spiro atoms. The number of carbonyl (C=O) groups excluding carboxylic acids is 3. The molecule has 6 heteroatoms. The molecule has 0 radical (unpaired) electrons. The van der Waals surface area contributed by atoms with Crippen LogP contribution in [0, 0.1) is 5.92 Å². The van der Waals surface area contributed by atoms with Crippen LogP contribution >= 0.6 is 0 Å². The molecule has 0 bridgehead atoms. The van der Waals surface area contributed by atoms with E-state index in [-0.39, 0.29) is 18.4 Å². The molecule has 0 aromatic rings. The van der Waals surface area contributed by atoms with Crippen molar-refractivity contribution in [2.75, 3.05) is 13.1 Å². The Bertz CT molecular complexity index is 423. The number of rotatable bonds is 9. The molecular weight excluding hydrogens is 282 g/mol. The highest BCUT2D eigenvalue weighted by Gasteiger charge is 2.47. The molecule has 0 aliphatic carbocycles. The van der Waals surface area contributed by atoms with E-state index < -0.39 is 11.6 Å². The van der Waals surface area contributed by atoms with Crippen molar-refractivity contribution in [2.45, 2.75) is 65.3 Å². The highest BCUT2D eigenvalue weighted by atomic mass is 16.2. The van der Waals surface area contributed by atoms with E-state index in [1.807, 2.05) is 13.8 Å². The van der Waals surface area contributed by atoms with Gasteiger partial charge in [0.05, 0.1) is 0 Å². The lowest BCUT2D eigenvalue weighted by Gasteiger charge is -2.21. The normalized spacial score (nSPS) is 21.4. The quantitative estimate of drug-likeness (QED) is 0.505. The minimum absolute atomic E-state index is 0.206. The monoisotopic (exact) mass is 311 g/mol. The van der Waals surface area contributed by atoms with Crippen molar-refractivity contribution >= 4 is 17.8 Å². The number of hydrogen-bond donors (Lipinski definition) is 2. The van der Waals surface area contributed by atoms with Crippen LogP contribution in [0.3, 0.4) is 0 Å². The molecule has 1 saturated heterocycles. The Labute approximate surface area is 133 Å². The molecule has 1 aliphatic heterocycles. The van der Waals surface area contributed by atoms with Gasteiger partial charge in [-0.3, -0.25) is 14.5 Å². The third-order valence-electron chi connectivity index (χ3n) is 3.88. The lowest BCUT2D eigenvalue weighted by atomic mass is 9.94. The second kappa shape index (κ2) is 8.15. The standard InChI is InChI=1S/C16H29N3O3/c1-5-6-7-8-9-16(4)14(21)19(15(22)18-16)11-13(20)17-10-12(2)3/h12H,5-11H2,1-4H3,(H,17,20)(H,18,22)/t16-/m0/s1. The van der Waals surface area contributed by atoms with E-state index in [0.717, 1.165) is 30.6 Å². The van der Waals surface area contributed by atoms with Gasteiger partial charge in [-0.15, -0.1) is 0 Å². The van der Waals surface area contributed by atoms with Gasteiger partial charge in [-0.1, -0.05) is 46.5 Å². The largest absolute Gasteiger partial charge is 0.354 e. The van der Waals surface area contributed by atoms with Crippen LogP contribution in [0.1, 0.15) is 59.8 Å². The minimum atomic E-state index is -0.872. The van der Waals surface area contributed by atoms with Crippen LogP contribution in [0.25, 0.3) is 0 Å². The number of unbranched alkanes of at least 4 members (excludes halogenated alkanes) is 3. The number of amides is 4. The second-order valence-electron chi connectivity index (χ2n) is 6.66. The lowest BCUT2D eigenvalue weighted by molar-refractivity contribution is -0.134. The van der Waals surface area contributed by atoms with Crippen LogP contribution in [-0.2, 0) is 9.59 Å². The third kappa shape index (κ3) is 5.00. The molecular formula is C16H29N3O3. The van der Waals surface area contributed by atoms with Crippen molar-refractivity contribution < 1.29 is 14.4 Å². The minimum Gasteiger partial charge on any atom is -0.354 e. The average Bonchev–Trinajstić information content (AvgIpc) is 2.65. The summed E-state index contributed by atoms with van der Waals surface area (Å²) in [4.78, 5) is 37.3. The van der Waals surface area contributed by atoms with Crippen LogP contribution in [0.2, 0.25) is 0 Å². The van der Waals surface area contributed by atoms with Crippen molar-refractivity contribution in [3.63, 3.8) is 0 Å². The average molecular weight is 311 g/mol. The van der Waals surface area contributed by atoms with Crippen molar-refractivity contribution in [1.82, 2.24) is 15.5 Å². The highest BCUT2D eigenvalue weighted by molar-refractivity contribution is 6.08. The van der Waals surface area contributed by atoms with E-state index in [1.165, 1.54) is 0 Å². The number of imide groups is 1. The first kappa shape index (κ1) is 18.5. The molecule has 6 nitrogen and oxygen atoms in total. The topological polar surface area (TPSA) is 78.5 Å². The van der Waals surface area contributed by atoms with Crippen molar-refractivity contribution in [1.29, 1.82) is 0 Å². The van der Waals surface area contributed by atoms with Gasteiger partial charge in [0.2, 0.25) is 5.91 Å². The molecule has 1 heterocycles. The molecule has 4 amide bonds. The van der Waals surface area contributed by atoms with E-state index >= 15 is 0 Å². The molecule has 0 aromatic heterocycles. The van der Waals surface area contributed by atoms with Gasteiger partial charge in [0, 0.05) is 6.54 Å². The molecule has 0 unspecified atom stereocenters. The maximum absolute atomic E-state index is 12.4. The third-order valence-corrected chi connectivity index (χ3v) is 3.88. The smallest absolute Gasteiger partial charge is 0.325 e. The summed E-state index contributed by atoms with van der Waals surface area (Å²) < 4.78 is 0. The van der Waals surface area contributed by atoms with Crippen LogP contribution < -0.4 is 10.6 Å². The van der Waals surface area contributed by atoms with Crippen LogP contribution in [0.15, 0.2) is 0 Å². The number of carbonyl (C=O) groups is 3. The summed E-state index contributed by atoms with van der Waals surface area (Å²) in [6, 6.07) is -0.470. The van der Waals surface area contributed by atoms with Crippen molar-refractivity contribution in [3.8, 4) is 0 Å². The molecule has 0 saturated carbocycles. The van der Waals surface area contributed by atoms with E-state index in [4.69, 9.17) is 0 Å². The van der Waals surface area contributed by atoms with E-state index in [1.54, 1.807) is 6.92 Å². The van der Waals surface area contributed by atoms with Gasteiger partial charge in [0.1, 0.15) is 12.1 Å². The van der Waals surface area contributed by atoms with Gasteiger partial charge in [0.15, 0.2) is 0 Å². The Morgan fingerprint density at radius 1 is 1.27 bits per heavy atom. The van der Waals surface area contributed by atoms with Crippen LogP contribution in [0.5, 0.6) is 0 Å². The molecule has 1 rings (SSSR count). The zero-order valence-corrected chi connectivity index (χ0v) is 14.2. The van der Waals surface area contributed by atoms with Gasteiger partial charge < -0.3 is 10.6 Å². The summed E-state index contributed by atoms with van der Waals surface area (Å²) in [5.74, 6) is -0.267. The number of nitrogens with zero attached hydrogens (tertiary/aromatic N) is 1. The highest BCUT2D eigenvalue weighted by Crippen LogP contribution is 2.23. The van der Waals surface area contributed by atoms with Crippen LogP contribution in [-0.4, -0.2) is 41.4 Å². The molecule has 1 aliphatic rings. The van der Waals surface area contributed by atoms with Gasteiger partial charge in [-0.25, -0.2) is 4.79 Å². The Balaban J connectivity index is 2.54. The maximum atomic E-state index is 12.4. The fraction of sp³-hybridized carbons (Fsp3) is 0.812. The van der Waals surface area contributed by atoms with Gasteiger partial charge >= 0.3 is 6.03 Å². The van der Waals surface area contributed by atoms with Gasteiger partial charge in [-0.2, -0.15) is 0 Å². The fourth-order valence-corrected chi connectivity index (χ4v) is 2.48. The zero-order chi connectivity index (χ0) is 16.8. The van der Waals surface area contributed by atoms with Gasteiger partial charge in [0.25, 0.3) is 5.91 Å². The van der Waals surface area contributed by atoms with E-state index in [0.29, 0.717) is 18.9 Å². The summed E-state index contributed by atoms with van der Waals surface area (Å²) in [7, 11) is 0. The van der Waals surface area contributed by atoms with Gasteiger partial charge in [-0.05, 0) is 19.3 Å². The number of nitrogens with one attached hydrogen (secondary N) is 2. The summed E-state index contributed by atoms with van der Waals surface area (Å²) in [5, 5.41) is 5.46. The first-order valence-corrected chi connectivity index (χ1v) is 8.21. The van der Waals surface area contributed by atoms with Crippen molar-refractivity contribution in [2.24, 2.45) is 5.92 Å². The Morgan fingerprint density at radius 2 is 1.95 bits per heavy atom. The lowest BCUT2D eigenvalue weighted by Crippen LogP contribution is -2.45. The summed E-state index contributed by atoms with van der Waals surface area (Å²) in [6.45, 7) is 8.17. The zero-order valence-electron chi connectivity index (χ0n) is 14.2. The first-order valence-electron chi connectivity index (χ1n) is 8.21. The number of hydrogen-bond acceptors (Lipinski definition) is 3. The molecule has 22 heavy (non-hydrogen) atoms. The number of urea groups is 1. The predicted octanol–water partition coefficient (Wildman–Crippen LogP) is 2.04.